The van der Waals surface area contributed by atoms with Crippen LogP contribution in [0.15, 0.2) is 71.9 Å². The van der Waals surface area contributed by atoms with Gasteiger partial charge in [0.15, 0.2) is 0 Å². The summed E-state index contributed by atoms with van der Waals surface area (Å²) in [5, 5.41) is 11.9. The van der Waals surface area contributed by atoms with E-state index in [9.17, 15) is 9.59 Å². The molecule has 0 aliphatic heterocycles. The molecule has 7 nitrogen and oxygen atoms in total. The molecule has 0 saturated carbocycles. The molecule has 0 fully saturated rings. The normalized spacial score (nSPS) is 10.8. The molecule has 2 aromatic carbocycles. The number of nitrogens with zero attached hydrogens (tertiary/aromatic N) is 4. The van der Waals surface area contributed by atoms with Crippen LogP contribution in [0.1, 0.15) is 25.3 Å². The fourth-order valence-electron chi connectivity index (χ4n) is 3.68. The van der Waals surface area contributed by atoms with Crippen LogP contribution in [-0.4, -0.2) is 20.0 Å². The van der Waals surface area contributed by atoms with E-state index in [1.807, 2.05) is 36.5 Å². The van der Waals surface area contributed by atoms with Gasteiger partial charge in [0, 0.05) is 24.0 Å². The second-order valence-corrected chi connectivity index (χ2v) is 7.57. The van der Waals surface area contributed by atoms with Crippen molar-refractivity contribution in [1.29, 1.82) is 5.26 Å². The second-order valence-electron chi connectivity index (χ2n) is 7.57. The number of nitrogens with one attached hydrogen (secondary N) is 1. The average Bonchev–Trinajstić information content (AvgIpc) is 3.18. The van der Waals surface area contributed by atoms with Gasteiger partial charge in [-0.05, 0) is 30.2 Å². The number of unbranched alkanes of at least 4 members (excludes halogenated alkanes) is 1. The van der Waals surface area contributed by atoms with Gasteiger partial charge in [-0.15, -0.1) is 0 Å². The van der Waals surface area contributed by atoms with E-state index in [1.54, 1.807) is 39.7 Å². The van der Waals surface area contributed by atoms with Crippen LogP contribution in [0.5, 0.6) is 0 Å². The van der Waals surface area contributed by atoms with Crippen molar-refractivity contribution >= 4 is 22.6 Å². The van der Waals surface area contributed by atoms with Crippen molar-refractivity contribution in [2.45, 2.75) is 32.9 Å². The Balaban J connectivity index is 1.74. The van der Waals surface area contributed by atoms with Crippen LogP contribution >= 0.6 is 0 Å². The molecule has 32 heavy (non-hydrogen) atoms. The first kappa shape index (κ1) is 21.1. The molecule has 0 atom stereocenters. The molecule has 1 N–H and O–H groups in total. The van der Waals surface area contributed by atoms with Crippen molar-refractivity contribution in [3.05, 3.63) is 83.0 Å². The highest BCUT2D eigenvalue weighted by atomic mass is 16.2. The summed E-state index contributed by atoms with van der Waals surface area (Å²) >= 11 is 0. The summed E-state index contributed by atoms with van der Waals surface area (Å²) in [5.41, 5.74) is 3.55. The first-order valence-corrected chi connectivity index (χ1v) is 10.5. The minimum atomic E-state index is -0.292. The molecular weight excluding hydrogens is 402 g/mol. The number of carbonyl (C=O) groups excluding carboxylic acids is 1. The quantitative estimate of drug-likeness (QED) is 0.481. The number of hydrogen-bond donors (Lipinski definition) is 1. The molecule has 0 unspecified atom stereocenters. The standard InChI is InChI=1S/C25H23N5O2/c1-2-3-12-29-17-27-23-21(19-9-5-4-6-10-19)15-30(24(23)25(29)32)16-22(31)28-20-11-7-8-18(13-20)14-26/h4-11,13,15,17H,2-3,12,16H2,1H3,(H,28,31). The molecular formula is C25H23N5O2. The maximum atomic E-state index is 13.3. The van der Waals surface area contributed by atoms with Crippen LogP contribution in [0.3, 0.4) is 0 Å². The zero-order chi connectivity index (χ0) is 22.5. The van der Waals surface area contributed by atoms with Crippen LogP contribution in [0, 0.1) is 11.3 Å². The maximum absolute atomic E-state index is 13.3. The number of carbonyl (C=O) groups is 1. The van der Waals surface area contributed by atoms with E-state index in [1.165, 1.54) is 0 Å². The number of anilines is 1. The third-order valence-corrected chi connectivity index (χ3v) is 5.27. The molecule has 0 aliphatic rings. The van der Waals surface area contributed by atoms with Gasteiger partial charge >= 0.3 is 0 Å². The molecule has 2 aromatic heterocycles. The lowest BCUT2D eigenvalue weighted by Gasteiger charge is -2.09. The van der Waals surface area contributed by atoms with E-state index in [2.05, 4.69) is 23.3 Å². The Morgan fingerprint density at radius 3 is 2.69 bits per heavy atom. The van der Waals surface area contributed by atoms with E-state index in [0.29, 0.717) is 28.8 Å². The molecule has 160 valence electrons. The van der Waals surface area contributed by atoms with Crippen LogP contribution in [0.2, 0.25) is 0 Å². The Bertz CT molecular complexity index is 1360. The smallest absolute Gasteiger partial charge is 0.277 e. The van der Waals surface area contributed by atoms with Gasteiger partial charge < -0.3 is 9.88 Å². The van der Waals surface area contributed by atoms with E-state index < -0.39 is 0 Å². The van der Waals surface area contributed by atoms with E-state index in [0.717, 1.165) is 24.0 Å². The lowest BCUT2D eigenvalue weighted by molar-refractivity contribution is -0.116. The zero-order valence-electron chi connectivity index (χ0n) is 17.8. The number of nitriles is 1. The predicted molar refractivity (Wildman–Crippen MR) is 124 cm³/mol. The number of amides is 1. The van der Waals surface area contributed by atoms with Gasteiger partial charge in [0.05, 0.1) is 18.0 Å². The molecule has 2 heterocycles. The van der Waals surface area contributed by atoms with Crippen molar-refractivity contribution in [3.63, 3.8) is 0 Å². The zero-order valence-corrected chi connectivity index (χ0v) is 17.8. The van der Waals surface area contributed by atoms with Crippen LogP contribution in [0.25, 0.3) is 22.2 Å². The number of hydrogen-bond acceptors (Lipinski definition) is 4. The van der Waals surface area contributed by atoms with Crippen molar-refractivity contribution in [3.8, 4) is 17.2 Å². The highest BCUT2D eigenvalue weighted by Gasteiger charge is 2.18. The highest BCUT2D eigenvalue weighted by Crippen LogP contribution is 2.27. The lowest BCUT2D eigenvalue weighted by Crippen LogP contribution is -2.25. The summed E-state index contributed by atoms with van der Waals surface area (Å²) in [7, 11) is 0. The van der Waals surface area contributed by atoms with Gasteiger partial charge in [0.2, 0.25) is 5.91 Å². The number of aryl methyl sites for hydroxylation is 1. The van der Waals surface area contributed by atoms with Gasteiger partial charge in [-0.25, -0.2) is 4.98 Å². The van der Waals surface area contributed by atoms with Crippen molar-refractivity contribution in [2.75, 3.05) is 5.32 Å². The van der Waals surface area contributed by atoms with Gasteiger partial charge in [-0.1, -0.05) is 49.7 Å². The van der Waals surface area contributed by atoms with Crippen molar-refractivity contribution in [2.24, 2.45) is 0 Å². The molecule has 0 bridgehead atoms. The van der Waals surface area contributed by atoms with Crippen LogP contribution < -0.4 is 10.9 Å². The minimum Gasteiger partial charge on any atom is -0.332 e. The Morgan fingerprint density at radius 1 is 1.12 bits per heavy atom. The van der Waals surface area contributed by atoms with Crippen molar-refractivity contribution in [1.82, 2.24) is 14.1 Å². The Labute approximate surface area is 185 Å². The Kier molecular flexibility index (Phi) is 6.13. The first-order chi connectivity index (χ1) is 15.6. The molecule has 0 radical (unpaired) electrons. The fourth-order valence-corrected chi connectivity index (χ4v) is 3.68. The number of fused-ring (bicyclic) bond motifs is 1. The third-order valence-electron chi connectivity index (χ3n) is 5.27. The van der Waals surface area contributed by atoms with Gasteiger partial charge in [0.25, 0.3) is 5.56 Å². The summed E-state index contributed by atoms with van der Waals surface area (Å²) in [6.45, 7) is 2.60. The lowest BCUT2D eigenvalue weighted by atomic mass is 10.1. The number of benzene rings is 2. The molecule has 1 amide bonds. The molecule has 7 heteroatoms. The summed E-state index contributed by atoms with van der Waals surface area (Å²) in [6.07, 6.45) is 5.23. The van der Waals surface area contributed by atoms with Crippen LogP contribution in [-0.2, 0) is 17.9 Å². The van der Waals surface area contributed by atoms with Gasteiger partial charge in [0.1, 0.15) is 17.6 Å². The maximum Gasteiger partial charge on any atom is 0.277 e. The minimum absolute atomic E-state index is 0.0468. The van der Waals surface area contributed by atoms with Crippen LogP contribution in [0.4, 0.5) is 5.69 Å². The van der Waals surface area contributed by atoms with E-state index >= 15 is 0 Å². The second kappa shape index (κ2) is 9.31. The van der Waals surface area contributed by atoms with Gasteiger partial charge in [-0.2, -0.15) is 5.26 Å². The van der Waals surface area contributed by atoms with Crippen molar-refractivity contribution < 1.29 is 4.79 Å². The van der Waals surface area contributed by atoms with E-state index in [-0.39, 0.29) is 18.0 Å². The monoisotopic (exact) mass is 425 g/mol. The molecule has 0 spiro atoms. The van der Waals surface area contributed by atoms with E-state index in [4.69, 9.17) is 5.26 Å². The first-order valence-electron chi connectivity index (χ1n) is 10.5. The Hall–Kier alpha value is -4.18. The summed E-state index contributed by atoms with van der Waals surface area (Å²) in [5.74, 6) is -0.292. The number of rotatable bonds is 7. The molecule has 0 aliphatic carbocycles. The fraction of sp³-hybridized carbons (Fsp3) is 0.200. The SMILES string of the molecule is CCCCn1cnc2c(-c3ccccc3)cn(CC(=O)Nc3cccc(C#N)c3)c2c1=O. The summed E-state index contributed by atoms with van der Waals surface area (Å²) in [6, 6.07) is 18.5. The molecule has 0 saturated heterocycles. The average molecular weight is 425 g/mol. The Morgan fingerprint density at radius 2 is 1.94 bits per heavy atom. The number of aromatic nitrogens is 3. The topological polar surface area (TPSA) is 92.7 Å². The largest absolute Gasteiger partial charge is 0.332 e. The van der Waals surface area contributed by atoms with Gasteiger partial charge in [-0.3, -0.25) is 14.2 Å². The molecule has 4 aromatic rings. The summed E-state index contributed by atoms with van der Waals surface area (Å²) in [4.78, 5) is 30.6. The molecule has 4 rings (SSSR count). The highest BCUT2D eigenvalue weighted by molar-refractivity contribution is 5.95. The predicted octanol–water partition coefficient (Wildman–Crippen LogP) is 4.18. The third kappa shape index (κ3) is 4.30. The summed E-state index contributed by atoms with van der Waals surface area (Å²) < 4.78 is 3.27.